The minimum atomic E-state index is -4.54. The highest BCUT2D eigenvalue weighted by molar-refractivity contribution is 5.96. The van der Waals surface area contributed by atoms with Gasteiger partial charge < -0.3 is 4.74 Å². The zero-order chi connectivity index (χ0) is 11.6. The lowest BCUT2D eigenvalue weighted by Crippen LogP contribution is -2.10. The van der Waals surface area contributed by atoms with Crippen LogP contribution in [0.1, 0.15) is 23.0 Å². The molecule has 15 heavy (non-hydrogen) atoms. The van der Waals surface area contributed by atoms with Gasteiger partial charge in [0.15, 0.2) is 5.78 Å². The normalized spacial score (nSPS) is 11.3. The highest BCUT2D eigenvalue weighted by atomic mass is 19.4. The molecule has 1 aromatic rings. The number of ether oxygens (including phenoxy) is 1. The van der Waals surface area contributed by atoms with Gasteiger partial charge in [0.1, 0.15) is 5.69 Å². The van der Waals surface area contributed by atoms with Crippen molar-refractivity contribution in [2.45, 2.75) is 13.1 Å². The molecule has 6 heteroatoms. The summed E-state index contributed by atoms with van der Waals surface area (Å²) in [7, 11) is 1.16. The predicted molar refractivity (Wildman–Crippen MR) is 45.8 cm³/mol. The molecule has 0 saturated carbocycles. The summed E-state index contributed by atoms with van der Waals surface area (Å²) in [5.74, 6) is -0.703. The van der Waals surface area contributed by atoms with E-state index < -0.39 is 17.7 Å². The zero-order valence-electron chi connectivity index (χ0n) is 8.05. The maximum Gasteiger partial charge on any atom is 0.433 e. The number of rotatable bonds is 2. The Morgan fingerprint density at radius 3 is 2.40 bits per heavy atom. The number of pyridine rings is 1. The number of Topliss-reactive ketones (excluding diaryl/α,β-unsaturated/α-hetero) is 1. The summed E-state index contributed by atoms with van der Waals surface area (Å²) < 4.78 is 41.3. The molecule has 0 aromatic carbocycles. The second-order valence-electron chi connectivity index (χ2n) is 2.81. The molecule has 0 radical (unpaired) electrons. The Balaban J connectivity index is 3.25. The quantitative estimate of drug-likeness (QED) is 0.716. The van der Waals surface area contributed by atoms with Crippen molar-refractivity contribution >= 4 is 5.78 Å². The van der Waals surface area contributed by atoms with Crippen molar-refractivity contribution in [2.75, 3.05) is 7.11 Å². The molecule has 0 aliphatic heterocycles. The van der Waals surface area contributed by atoms with Gasteiger partial charge in [0.05, 0.1) is 12.7 Å². The van der Waals surface area contributed by atoms with Gasteiger partial charge in [-0.05, 0) is 19.1 Å². The second kappa shape index (κ2) is 3.88. The molecule has 0 unspecified atom stereocenters. The fourth-order valence-electron chi connectivity index (χ4n) is 1.02. The van der Waals surface area contributed by atoms with Crippen LogP contribution in [0.15, 0.2) is 12.1 Å². The minimum absolute atomic E-state index is 0.0329. The van der Waals surface area contributed by atoms with Crippen molar-refractivity contribution in [3.05, 3.63) is 23.4 Å². The molecule has 0 fully saturated rings. The molecule has 0 N–H and O–H groups in total. The Bertz CT molecular complexity index is 387. The lowest BCUT2D eigenvalue weighted by atomic mass is 10.2. The SMILES string of the molecule is COc1nc(C(F)(F)F)ccc1C(C)=O. The highest BCUT2D eigenvalue weighted by Gasteiger charge is 2.33. The molecular formula is C9H8F3NO2. The van der Waals surface area contributed by atoms with Gasteiger partial charge in [-0.2, -0.15) is 13.2 Å². The number of halogens is 3. The number of aromatic nitrogens is 1. The van der Waals surface area contributed by atoms with Crippen molar-refractivity contribution in [3.8, 4) is 5.88 Å². The Hall–Kier alpha value is -1.59. The lowest BCUT2D eigenvalue weighted by Gasteiger charge is -2.09. The van der Waals surface area contributed by atoms with Crippen LogP contribution < -0.4 is 4.74 Å². The third-order valence-corrected chi connectivity index (χ3v) is 1.72. The fourth-order valence-corrected chi connectivity index (χ4v) is 1.02. The van der Waals surface area contributed by atoms with Gasteiger partial charge in [-0.25, -0.2) is 4.98 Å². The van der Waals surface area contributed by atoms with Crippen LogP contribution in [0.5, 0.6) is 5.88 Å². The first kappa shape index (κ1) is 11.5. The van der Waals surface area contributed by atoms with Crippen molar-refractivity contribution in [3.63, 3.8) is 0 Å². The van der Waals surface area contributed by atoms with Gasteiger partial charge in [0.2, 0.25) is 5.88 Å². The van der Waals surface area contributed by atoms with Crippen molar-refractivity contribution in [1.82, 2.24) is 4.98 Å². The highest BCUT2D eigenvalue weighted by Crippen LogP contribution is 2.30. The van der Waals surface area contributed by atoms with E-state index in [2.05, 4.69) is 9.72 Å². The molecule has 0 aliphatic carbocycles. The predicted octanol–water partition coefficient (Wildman–Crippen LogP) is 2.31. The number of ketones is 1. The van der Waals surface area contributed by atoms with Crippen LogP contribution in [-0.4, -0.2) is 17.9 Å². The van der Waals surface area contributed by atoms with E-state index in [1.54, 1.807) is 0 Å². The van der Waals surface area contributed by atoms with E-state index in [1.807, 2.05) is 0 Å². The van der Waals surface area contributed by atoms with Crippen molar-refractivity contribution in [2.24, 2.45) is 0 Å². The van der Waals surface area contributed by atoms with Crippen LogP contribution in [0.25, 0.3) is 0 Å². The smallest absolute Gasteiger partial charge is 0.433 e. The third kappa shape index (κ3) is 2.45. The van der Waals surface area contributed by atoms with E-state index in [9.17, 15) is 18.0 Å². The fraction of sp³-hybridized carbons (Fsp3) is 0.333. The number of hydrogen-bond donors (Lipinski definition) is 0. The second-order valence-corrected chi connectivity index (χ2v) is 2.81. The molecule has 3 nitrogen and oxygen atoms in total. The summed E-state index contributed by atoms with van der Waals surface area (Å²) in [6.45, 7) is 1.23. The standard InChI is InChI=1S/C9H8F3NO2/c1-5(14)6-3-4-7(9(10,11)12)13-8(6)15-2/h3-4H,1-2H3. The minimum Gasteiger partial charge on any atom is -0.480 e. The summed E-state index contributed by atoms with van der Waals surface area (Å²) in [4.78, 5) is 14.2. The largest absolute Gasteiger partial charge is 0.480 e. The number of hydrogen-bond acceptors (Lipinski definition) is 3. The zero-order valence-corrected chi connectivity index (χ0v) is 8.05. The number of nitrogens with zero attached hydrogens (tertiary/aromatic N) is 1. The molecule has 0 amide bonds. The number of carbonyl (C=O) groups excluding carboxylic acids is 1. The maximum absolute atomic E-state index is 12.2. The van der Waals surface area contributed by atoms with Gasteiger partial charge >= 0.3 is 6.18 Å². The Morgan fingerprint density at radius 1 is 1.40 bits per heavy atom. The first-order valence-corrected chi connectivity index (χ1v) is 3.99. The Kier molecular flexibility index (Phi) is 2.97. The van der Waals surface area contributed by atoms with Crippen LogP contribution in [0.3, 0.4) is 0 Å². The number of carbonyl (C=O) groups is 1. The van der Waals surface area contributed by atoms with E-state index in [0.717, 1.165) is 19.2 Å². The van der Waals surface area contributed by atoms with Crippen LogP contribution in [0.2, 0.25) is 0 Å². The van der Waals surface area contributed by atoms with Gasteiger partial charge in [0.25, 0.3) is 0 Å². The molecule has 0 saturated heterocycles. The van der Waals surface area contributed by atoms with Crippen LogP contribution in [0, 0.1) is 0 Å². The van der Waals surface area contributed by atoms with Gasteiger partial charge in [-0.3, -0.25) is 4.79 Å². The van der Waals surface area contributed by atoms with Crippen LogP contribution in [-0.2, 0) is 6.18 Å². The van der Waals surface area contributed by atoms with E-state index in [4.69, 9.17) is 0 Å². The summed E-state index contributed by atoms with van der Waals surface area (Å²) in [5, 5.41) is 0. The van der Waals surface area contributed by atoms with Gasteiger partial charge in [0, 0.05) is 0 Å². The first-order valence-electron chi connectivity index (χ1n) is 3.99. The maximum atomic E-state index is 12.2. The summed E-state index contributed by atoms with van der Waals surface area (Å²) in [6, 6.07) is 1.80. The topological polar surface area (TPSA) is 39.2 Å². The van der Waals surface area contributed by atoms with Crippen molar-refractivity contribution in [1.29, 1.82) is 0 Å². The molecule has 1 aromatic heterocycles. The molecule has 82 valence electrons. The van der Waals surface area contributed by atoms with E-state index >= 15 is 0 Å². The average Bonchev–Trinajstić information content (AvgIpc) is 2.15. The Morgan fingerprint density at radius 2 is 2.00 bits per heavy atom. The molecule has 0 bridgehead atoms. The van der Waals surface area contributed by atoms with Crippen molar-refractivity contribution < 1.29 is 22.7 Å². The number of alkyl halides is 3. The molecule has 0 spiro atoms. The summed E-state index contributed by atoms with van der Waals surface area (Å²) in [6.07, 6.45) is -4.54. The average molecular weight is 219 g/mol. The monoisotopic (exact) mass is 219 g/mol. The van der Waals surface area contributed by atoms with E-state index in [0.29, 0.717) is 0 Å². The van der Waals surface area contributed by atoms with E-state index in [1.165, 1.54) is 6.92 Å². The van der Waals surface area contributed by atoms with Gasteiger partial charge in [-0.1, -0.05) is 0 Å². The Labute approximate surface area is 83.9 Å². The van der Waals surface area contributed by atoms with E-state index in [-0.39, 0.29) is 11.4 Å². The number of methoxy groups -OCH3 is 1. The third-order valence-electron chi connectivity index (χ3n) is 1.72. The summed E-state index contributed by atoms with van der Waals surface area (Å²) in [5.41, 5.74) is -1.05. The van der Waals surface area contributed by atoms with Crippen LogP contribution in [0.4, 0.5) is 13.2 Å². The molecular weight excluding hydrogens is 211 g/mol. The first-order chi connectivity index (χ1) is 6.86. The molecule has 0 atom stereocenters. The van der Waals surface area contributed by atoms with Crippen LogP contribution >= 0.6 is 0 Å². The lowest BCUT2D eigenvalue weighted by molar-refractivity contribution is -0.141. The van der Waals surface area contributed by atoms with Gasteiger partial charge in [-0.15, -0.1) is 0 Å². The molecule has 1 heterocycles. The summed E-state index contributed by atoms with van der Waals surface area (Å²) >= 11 is 0. The molecule has 0 aliphatic rings. The molecule has 1 rings (SSSR count).